The number of nitrogens with one attached hydrogen (secondary N) is 1. The van der Waals surface area contributed by atoms with Gasteiger partial charge >= 0.3 is 0 Å². The van der Waals surface area contributed by atoms with E-state index in [9.17, 15) is 8.42 Å². The number of ether oxygens (including phenoxy) is 1. The first-order valence-electron chi connectivity index (χ1n) is 5.93. The number of anilines is 1. The van der Waals surface area contributed by atoms with Gasteiger partial charge in [0.1, 0.15) is 5.75 Å². The second-order valence-electron chi connectivity index (χ2n) is 4.00. The molecule has 5 nitrogen and oxygen atoms in total. The molecule has 0 aliphatic heterocycles. The quantitative estimate of drug-likeness (QED) is 0.564. The van der Waals surface area contributed by atoms with Gasteiger partial charge in [-0.3, -0.25) is 0 Å². The molecule has 0 spiro atoms. The van der Waals surface area contributed by atoms with Crippen LogP contribution in [-0.4, -0.2) is 34.1 Å². The lowest BCUT2D eigenvalue weighted by molar-refractivity contribution is 0.416. The Morgan fingerprint density at radius 3 is 2.68 bits per heavy atom. The lowest BCUT2D eigenvalue weighted by Crippen LogP contribution is -2.25. The molecule has 0 bridgehead atoms. The predicted molar refractivity (Wildman–Crippen MR) is 80.2 cm³/mol. The van der Waals surface area contributed by atoms with Crippen LogP contribution >= 0.6 is 11.8 Å². The molecule has 0 aromatic heterocycles. The number of thioether (sulfide) groups is 1. The van der Waals surface area contributed by atoms with Crippen LogP contribution in [0.5, 0.6) is 5.75 Å². The van der Waals surface area contributed by atoms with Crippen LogP contribution < -0.4 is 15.2 Å². The average molecular weight is 304 g/mol. The summed E-state index contributed by atoms with van der Waals surface area (Å²) in [5.41, 5.74) is 6.02. The standard InChI is InChI=1S/C12H20N2O3S2/c1-17-12-6-5-10(9-11(12)13)19(15,16)14-7-3-4-8-18-2/h5-6,9,14H,3-4,7-8,13H2,1-2H3. The fraction of sp³-hybridized carbons (Fsp3) is 0.500. The fourth-order valence-corrected chi connectivity index (χ4v) is 3.14. The van der Waals surface area contributed by atoms with E-state index in [1.165, 1.54) is 19.2 Å². The van der Waals surface area contributed by atoms with Crippen molar-refractivity contribution in [2.45, 2.75) is 17.7 Å². The Labute approximate surface area is 119 Å². The van der Waals surface area contributed by atoms with Crippen molar-refractivity contribution in [3.05, 3.63) is 18.2 Å². The maximum atomic E-state index is 12.0. The highest BCUT2D eigenvalue weighted by molar-refractivity contribution is 7.98. The number of sulfonamides is 1. The highest BCUT2D eigenvalue weighted by atomic mass is 32.2. The summed E-state index contributed by atoms with van der Waals surface area (Å²) < 4.78 is 31.6. The maximum absolute atomic E-state index is 12.0. The highest BCUT2D eigenvalue weighted by Crippen LogP contribution is 2.24. The lowest BCUT2D eigenvalue weighted by atomic mass is 10.3. The van der Waals surface area contributed by atoms with E-state index < -0.39 is 10.0 Å². The second kappa shape index (κ2) is 7.62. The van der Waals surface area contributed by atoms with Crippen molar-refractivity contribution in [1.82, 2.24) is 4.72 Å². The number of nitrogen functional groups attached to an aromatic ring is 1. The average Bonchev–Trinajstić information content (AvgIpc) is 2.38. The van der Waals surface area contributed by atoms with Gasteiger partial charge in [0, 0.05) is 6.54 Å². The number of hydrogen-bond acceptors (Lipinski definition) is 5. The molecule has 0 amide bonds. The largest absolute Gasteiger partial charge is 0.495 e. The van der Waals surface area contributed by atoms with Crippen molar-refractivity contribution in [3.8, 4) is 5.75 Å². The van der Waals surface area contributed by atoms with Gasteiger partial charge in [0.05, 0.1) is 17.7 Å². The Bertz CT molecular complexity index is 504. The first-order chi connectivity index (χ1) is 9.01. The minimum atomic E-state index is -3.49. The third-order valence-corrected chi connectivity index (χ3v) is 4.73. The molecule has 108 valence electrons. The van der Waals surface area contributed by atoms with Gasteiger partial charge in [0.15, 0.2) is 0 Å². The van der Waals surface area contributed by atoms with E-state index in [2.05, 4.69) is 4.72 Å². The van der Waals surface area contributed by atoms with Crippen LogP contribution in [0.25, 0.3) is 0 Å². The van der Waals surface area contributed by atoms with Gasteiger partial charge in [0.25, 0.3) is 0 Å². The Hall–Kier alpha value is -0.920. The van der Waals surface area contributed by atoms with Crippen molar-refractivity contribution < 1.29 is 13.2 Å². The second-order valence-corrected chi connectivity index (χ2v) is 6.75. The van der Waals surface area contributed by atoms with Gasteiger partial charge in [-0.1, -0.05) is 0 Å². The van der Waals surface area contributed by atoms with Crippen LogP contribution in [0.2, 0.25) is 0 Å². The molecule has 0 saturated heterocycles. The Morgan fingerprint density at radius 1 is 1.37 bits per heavy atom. The van der Waals surface area contributed by atoms with E-state index in [1.807, 2.05) is 6.26 Å². The molecule has 0 aliphatic carbocycles. The molecule has 3 N–H and O–H groups in total. The van der Waals surface area contributed by atoms with Gasteiger partial charge < -0.3 is 10.5 Å². The Morgan fingerprint density at radius 2 is 2.11 bits per heavy atom. The summed E-state index contributed by atoms with van der Waals surface area (Å²) in [5, 5.41) is 0. The van der Waals surface area contributed by atoms with E-state index in [0.717, 1.165) is 18.6 Å². The monoisotopic (exact) mass is 304 g/mol. The normalized spacial score (nSPS) is 11.5. The Kier molecular flexibility index (Phi) is 6.47. The third kappa shape index (κ3) is 4.93. The summed E-state index contributed by atoms with van der Waals surface area (Å²) in [6.07, 6.45) is 3.85. The van der Waals surface area contributed by atoms with Gasteiger partial charge in [-0.15, -0.1) is 0 Å². The molecule has 19 heavy (non-hydrogen) atoms. The molecule has 0 atom stereocenters. The van der Waals surface area contributed by atoms with Gasteiger partial charge in [-0.2, -0.15) is 11.8 Å². The molecule has 0 heterocycles. The van der Waals surface area contributed by atoms with Crippen molar-refractivity contribution in [1.29, 1.82) is 0 Å². The SMILES string of the molecule is COc1ccc(S(=O)(=O)NCCCCSC)cc1N. The van der Waals surface area contributed by atoms with Gasteiger partial charge in [0.2, 0.25) is 10.0 Å². The first-order valence-corrected chi connectivity index (χ1v) is 8.81. The number of hydrogen-bond donors (Lipinski definition) is 2. The molecule has 0 aliphatic rings. The summed E-state index contributed by atoms with van der Waals surface area (Å²) in [6, 6.07) is 4.44. The smallest absolute Gasteiger partial charge is 0.240 e. The number of rotatable bonds is 8. The van der Waals surface area contributed by atoms with Crippen LogP contribution in [0.1, 0.15) is 12.8 Å². The summed E-state index contributed by atoms with van der Waals surface area (Å²) in [6.45, 7) is 0.439. The van der Waals surface area contributed by atoms with E-state index in [4.69, 9.17) is 10.5 Å². The first kappa shape index (κ1) is 16.1. The van der Waals surface area contributed by atoms with Crippen LogP contribution in [0.15, 0.2) is 23.1 Å². The maximum Gasteiger partial charge on any atom is 0.240 e. The zero-order valence-electron chi connectivity index (χ0n) is 11.2. The molecular formula is C12H20N2O3S2. The molecule has 0 unspecified atom stereocenters. The van der Waals surface area contributed by atoms with Crippen LogP contribution in [0, 0.1) is 0 Å². The summed E-state index contributed by atoms with van der Waals surface area (Å²) in [7, 11) is -2.00. The fourth-order valence-electron chi connectivity index (χ4n) is 1.54. The van der Waals surface area contributed by atoms with E-state index in [1.54, 1.807) is 17.8 Å². The Balaban J connectivity index is 2.64. The van der Waals surface area contributed by atoms with Crippen LogP contribution in [-0.2, 0) is 10.0 Å². The molecule has 0 saturated carbocycles. The van der Waals surface area contributed by atoms with E-state index in [0.29, 0.717) is 18.0 Å². The number of benzene rings is 1. The molecule has 7 heteroatoms. The molecule has 1 aromatic carbocycles. The summed E-state index contributed by atoms with van der Waals surface area (Å²) in [5.74, 6) is 1.51. The van der Waals surface area contributed by atoms with Crippen molar-refractivity contribution in [3.63, 3.8) is 0 Å². The molecule has 1 rings (SSSR count). The van der Waals surface area contributed by atoms with Crippen molar-refractivity contribution in [2.75, 3.05) is 31.4 Å². The zero-order valence-corrected chi connectivity index (χ0v) is 12.8. The minimum absolute atomic E-state index is 0.163. The topological polar surface area (TPSA) is 81.4 Å². The predicted octanol–water partition coefficient (Wildman–Crippen LogP) is 1.70. The van der Waals surface area contributed by atoms with Crippen molar-refractivity contribution in [2.24, 2.45) is 0 Å². The summed E-state index contributed by atoms with van der Waals surface area (Å²) >= 11 is 1.75. The lowest BCUT2D eigenvalue weighted by Gasteiger charge is -2.09. The number of nitrogens with two attached hydrogens (primary N) is 1. The third-order valence-electron chi connectivity index (χ3n) is 2.58. The molecular weight excluding hydrogens is 284 g/mol. The summed E-state index contributed by atoms with van der Waals surface area (Å²) in [4.78, 5) is 0.163. The minimum Gasteiger partial charge on any atom is -0.495 e. The van der Waals surface area contributed by atoms with E-state index in [-0.39, 0.29) is 4.90 Å². The van der Waals surface area contributed by atoms with E-state index >= 15 is 0 Å². The number of methoxy groups -OCH3 is 1. The molecule has 0 fully saturated rings. The zero-order chi connectivity index (χ0) is 14.3. The van der Waals surface area contributed by atoms with Crippen LogP contribution in [0.4, 0.5) is 5.69 Å². The van der Waals surface area contributed by atoms with Crippen LogP contribution in [0.3, 0.4) is 0 Å². The highest BCUT2D eigenvalue weighted by Gasteiger charge is 2.14. The molecule has 1 aromatic rings. The molecule has 0 radical (unpaired) electrons. The number of unbranched alkanes of at least 4 members (excludes halogenated alkanes) is 1. The van der Waals surface area contributed by atoms with Gasteiger partial charge in [-0.25, -0.2) is 13.1 Å². The van der Waals surface area contributed by atoms with Gasteiger partial charge in [-0.05, 0) is 43.0 Å². The van der Waals surface area contributed by atoms with Crippen molar-refractivity contribution >= 4 is 27.5 Å².